The first-order valence-corrected chi connectivity index (χ1v) is 9.07. The number of carbonyl (C=O) groups is 2. The van der Waals surface area contributed by atoms with Gasteiger partial charge in [0.2, 0.25) is 5.91 Å². The highest BCUT2D eigenvalue weighted by atomic mass is 16.6. The molecular weight excluding hydrogens is 332 g/mol. The summed E-state index contributed by atoms with van der Waals surface area (Å²) in [5.41, 5.74) is 1.15. The maximum Gasteiger partial charge on any atom is 0.410 e. The van der Waals surface area contributed by atoms with Gasteiger partial charge in [0.1, 0.15) is 11.4 Å². The number of nitrogens with zero attached hydrogens (tertiary/aromatic N) is 1. The molecule has 6 heteroatoms. The average Bonchev–Trinajstić information content (AvgIpc) is 2.55. The molecule has 144 valence electrons. The molecule has 26 heavy (non-hydrogen) atoms. The summed E-state index contributed by atoms with van der Waals surface area (Å²) in [7, 11) is 1.61. The Morgan fingerprint density at radius 2 is 1.96 bits per heavy atom. The molecule has 2 atom stereocenters. The number of ether oxygens (including phenoxy) is 2. The fraction of sp³-hybridized carbons (Fsp3) is 0.600. The predicted octanol–water partition coefficient (Wildman–Crippen LogP) is 3.98. The van der Waals surface area contributed by atoms with Gasteiger partial charge in [-0.25, -0.2) is 4.79 Å². The van der Waals surface area contributed by atoms with Crippen LogP contribution in [0.2, 0.25) is 0 Å². The zero-order valence-corrected chi connectivity index (χ0v) is 16.6. The van der Waals surface area contributed by atoms with Gasteiger partial charge in [0.15, 0.2) is 0 Å². The first kappa shape index (κ1) is 20.1. The molecule has 0 aliphatic carbocycles. The van der Waals surface area contributed by atoms with Crippen LogP contribution in [0.25, 0.3) is 0 Å². The Hall–Kier alpha value is -2.24. The highest BCUT2D eigenvalue weighted by Gasteiger charge is 2.37. The van der Waals surface area contributed by atoms with E-state index in [2.05, 4.69) is 5.32 Å². The lowest BCUT2D eigenvalue weighted by atomic mass is 9.89. The third-order valence-electron chi connectivity index (χ3n) is 4.64. The molecule has 1 aliphatic heterocycles. The van der Waals surface area contributed by atoms with E-state index in [1.165, 1.54) is 0 Å². The number of rotatable bonds is 3. The third kappa shape index (κ3) is 4.90. The minimum Gasteiger partial charge on any atom is -0.497 e. The van der Waals surface area contributed by atoms with Gasteiger partial charge in [0, 0.05) is 18.3 Å². The average molecular weight is 362 g/mol. The van der Waals surface area contributed by atoms with Crippen molar-refractivity contribution in [2.24, 2.45) is 5.92 Å². The van der Waals surface area contributed by atoms with Crippen LogP contribution in [0.15, 0.2) is 18.2 Å². The van der Waals surface area contributed by atoms with Crippen molar-refractivity contribution < 1.29 is 19.1 Å². The molecule has 0 radical (unpaired) electrons. The van der Waals surface area contributed by atoms with Crippen molar-refractivity contribution >= 4 is 17.7 Å². The lowest BCUT2D eigenvalue weighted by Crippen LogP contribution is -2.51. The second kappa shape index (κ2) is 7.98. The SMILES string of the molecule is COc1ccc(NC(=O)[C@@H]2CCCN(C(=O)OC(C)(C)C)[C@@H]2C)c(C)c1. The number of nitrogens with one attached hydrogen (secondary N) is 1. The third-order valence-corrected chi connectivity index (χ3v) is 4.64. The van der Waals surface area contributed by atoms with Crippen LogP contribution in [0.5, 0.6) is 5.75 Å². The molecule has 1 aliphatic rings. The van der Waals surface area contributed by atoms with Crippen molar-refractivity contribution in [1.82, 2.24) is 4.90 Å². The summed E-state index contributed by atoms with van der Waals surface area (Å²) in [6, 6.07) is 5.33. The number of benzene rings is 1. The molecule has 1 saturated heterocycles. The van der Waals surface area contributed by atoms with Gasteiger partial charge in [-0.15, -0.1) is 0 Å². The van der Waals surface area contributed by atoms with Crippen LogP contribution in [-0.2, 0) is 9.53 Å². The normalized spacial score (nSPS) is 20.5. The number of methoxy groups -OCH3 is 1. The molecule has 2 rings (SSSR count). The number of likely N-dealkylation sites (tertiary alicyclic amines) is 1. The Kier molecular flexibility index (Phi) is 6.16. The largest absolute Gasteiger partial charge is 0.497 e. The smallest absolute Gasteiger partial charge is 0.410 e. The van der Waals surface area contributed by atoms with Gasteiger partial charge in [-0.05, 0) is 71.2 Å². The topological polar surface area (TPSA) is 67.9 Å². The Morgan fingerprint density at radius 1 is 1.27 bits per heavy atom. The van der Waals surface area contributed by atoms with Gasteiger partial charge < -0.3 is 19.7 Å². The summed E-state index contributed by atoms with van der Waals surface area (Å²) in [5.74, 6) is 0.416. The molecule has 1 heterocycles. The van der Waals surface area contributed by atoms with Gasteiger partial charge in [-0.1, -0.05) is 0 Å². The van der Waals surface area contributed by atoms with E-state index in [-0.39, 0.29) is 24.0 Å². The number of aryl methyl sites for hydroxylation is 1. The van der Waals surface area contributed by atoms with Crippen molar-refractivity contribution in [2.75, 3.05) is 19.0 Å². The summed E-state index contributed by atoms with van der Waals surface area (Å²) < 4.78 is 10.7. The highest BCUT2D eigenvalue weighted by molar-refractivity contribution is 5.94. The second-order valence-electron chi connectivity index (χ2n) is 7.83. The number of carbonyl (C=O) groups excluding carboxylic acids is 2. The zero-order valence-electron chi connectivity index (χ0n) is 16.6. The van der Waals surface area contributed by atoms with Crippen LogP contribution in [0.3, 0.4) is 0 Å². The van der Waals surface area contributed by atoms with Crippen molar-refractivity contribution in [3.05, 3.63) is 23.8 Å². The number of hydrogen-bond acceptors (Lipinski definition) is 4. The zero-order chi connectivity index (χ0) is 19.5. The quantitative estimate of drug-likeness (QED) is 0.883. The van der Waals surface area contributed by atoms with E-state index in [1.54, 1.807) is 12.0 Å². The summed E-state index contributed by atoms with van der Waals surface area (Å²) >= 11 is 0. The van der Waals surface area contributed by atoms with Gasteiger partial charge in [0.05, 0.1) is 13.0 Å². The number of amides is 2. The molecule has 1 N–H and O–H groups in total. The Morgan fingerprint density at radius 3 is 2.54 bits per heavy atom. The van der Waals surface area contributed by atoms with Crippen molar-refractivity contribution in [1.29, 1.82) is 0 Å². The van der Waals surface area contributed by atoms with E-state index < -0.39 is 5.60 Å². The minimum absolute atomic E-state index is 0.0703. The molecule has 6 nitrogen and oxygen atoms in total. The lowest BCUT2D eigenvalue weighted by molar-refractivity contribution is -0.123. The van der Waals surface area contributed by atoms with Crippen molar-refractivity contribution in [3.8, 4) is 5.75 Å². The van der Waals surface area contributed by atoms with E-state index in [4.69, 9.17) is 9.47 Å². The maximum atomic E-state index is 12.8. The lowest BCUT2D eigenvalue weighted by Gasteiger charge is -2.39. The molecule has 2 amide bonds. The van der Waals surface area contributed by atoms with Gasteiger partial charge in [-0.3, -0.25) is 4.79 Å². The molecule has 0 unspecified atom stereocenters. The summed E-state index contributed by atoms with van der Waals surface area (Å²) in [4.78, 5) is 26.9. The second-order valence-corrected chi connectivity index (χ2v) is 7.83. The molecule has 0 saturated carbocycles. The van der Waals surface area contributed by atoms with Crippen molar-refractivity contribution in [2.45, 2.75) is 59.1 Å². The van der Waals surface area contributed by atoms with Crippen LogP contribution in [0.1, 0.15) is 46.1 Å². The van der Waals surface area contributed by atoms with Gasteiger partial charge in [0.25, 0.3) is 0 Å². The van der Waals surface area contributed by atoms with Gasteiger partial charge in [-0.2, -0.15) is 0 Å². The van der Waals surface area contributed by atoms with E-state index in [0.29, 0.717) is 6.54 Å². The minimum atomic E-state index is -0.549. The van der Waals surface area contributed by atoms with E-state index in [1.807, 2.05) is 52.8 Å². The van der Waals surface area contributed by atoms with E-state index >= 15 is 0 Å². The summed E-state index contributed by atoms with van der Waals surface area (Å²) in [6.07, 6.45) is 1.17. The molecule has 0 bridgehead atoms. The standard InChI is InChI=1S/C20H30N2O4/c1-13-12-15(25-6)9-10-17(13)21-18(23)16-8-7-11-22(14(16)2)19(24)26-20(3,4)5/h9-10,12,14,16H,7-8,11H2,1-6H3,(H,21,23)/t14-,16-/m1/s1. The van der Waals surface area contributed by atoms with Crippen LogP contribution >= 0.6 is 0 Å². The molecule has 1 fully saturated rings. The Balaban J connectivity index is 2.07. The first-order valence-electron chi connectivity index (χ1n) is 9.07. The van der Waals surface area contributed by atoms with Gasteiger partial charge >= 0.3 is 6.09 Å². The Labute approximate surface area is 155 Å². The molecule has 0 aromatic heterocycles. The van der Waals surface area contributed by atoms with Crippen LogP contribution < -0.4 is 10.1 Å². The fourth-order valence-corrected chi connectivity index (χ4v) is 3.20. The van der Waals surface area contributed by atoms with Crippen LogP contribution in [0.4, 0.5) is 10.5 Å². The molecule has 1 aromatic carbocycles. The first-order chi connectivity index (χ1) is 12.1. The highest BCUT2D eigenvalue weighted by Crippen LogP contribution is 2.28. The molecular formula is C20H30N2O4. The Bertz CT molecular complexity index is 666. The number of anilines is 1. The van der Waals surface area contributed by atoms with Crippen LogP contribution in [0, 0.1) is 12.8 Å². The van der Waals surface area contributed by atoms with E-state index in [0.717, 1.165) is 29.8 Å². The van der Waals surface area contributed by atoms with Crippen molar-refractivity contribution in [3.63, 3.8) is 0 Å². The number of piperidine rings is 1. The predicted molar refractivity (Wildman–Crippen MR) is 101 cm³/mol. The van der Waals surface area contributed by atoms with Crippen LogP contribution in [-0.4, -0.2) is 42.2 Å². The fourth-order valence-electron chi connectivity index (χ4n) is 3.20. The maximum absolute atomic E-state index is 12.8. The molecule has 0 spiro atoms. The summed E-state index contributed by atoms with van der Waals surface area (Å²) in [6.45, 7) is 9.98. The number of hydrogen-bond donors (Lipinski definition) is 1. The van der Waals surface area contributed by atoms with E-state index in [9.17, 15) is 9.59 Å². The summed E-state index contributed by atoms with van der Waals surface area (Å²) in [5, 5.41) is 3.00. The monoisotopic (exact) mass is 362 g/mol. The molecule has 1 aromatic rings.